The van der Waals surface area contributed by atoms with Crippen molar-refractivity contribution in [3.63, 3.8) is 0 Å². The summed E-state index contributed by atoms with van der Waals surface area (Å²) in [5, 5.41) is 3.53. The number of halogens is 1. The van der Waals surface area contributed by atoms with Crippen LogP contribution in [-0.4, -0.2) is 19.1 Å². The first kappa shape index (κ1) is 18.9. The van der Waals surface area contributed by atoms with Gasteiger partial charge < -0.3 is 14.8 Å². The van der Waals surface area contributed by atoms with E-state index in [1.54, 1.807) is 37.5 Å². The number of ether oxygens (including phenoxy) is 2. The Kier molecular flexibility index (Phi) is 6.90. The van der Waals surface area contributed by atoms with E-state index in [0.717, 1.165) is 16.9 Å². The van der Waals surface area contributed by atoms with Crippen LogP contribution in [0, 0.1) is 6.92 Å². The van der Waals surface area contributed by atoms with Crippen LogP contribution >= 0.6 is 11.6 Å². The molecular weight excluding hydrogens is 338 g/mol. The van der Waals surface area contributed by atoms with Gasteiger partial charge in [-0.3, -0.25) is 4.79 Å². The second-order valence-electron chi connectivity index (χ2n) is 5.54. The van der Waals surface area contributed by atoms with Crippen LogP contribution in [0.5, 0.6) is 11.5 Å². The number of hydrogen-bond acceptors (Lipinski definition) is 3. The maximum atomic E-state index is 12.5. The van der Waals surface area contributed by atoms with Crippen molar-refractivity contribution in [2.24, 2.45) is 0 Å². The van der Waals surface area contributed by atoms with E-state index in [4.69, 9.17) is 21.1 Å². The summed E-state index contributed by atoms with van der Waals surface area (Å²) in [4.78, 5) is 12.5. The third kappa shape index (κ3) is 5.54. The van der Waals surface area contributed by atoms with Crippen molar-refractivity contribution in [3.8, 4) is 11.5 Å². The summed E-state index contributed by atoms with van der Waals surface area (Å²) >= 11 is 5.96. The van der Waals surface area contributed by atoms with E-state index < -0.39 is 6.10 Å². The van der Waals surface area contributed by atoms with Gasteiger partial charge in [0, 0.05) is 11.6 Å². The Morgan fingerprint density at radius 2 is 1.96 bits per heavy atom. The zero-order chi connectivity index (χ0) is 18.2. The van der Waals surface area contributed by atoms with Crippen molar-refractivity contribution >= 4 is 17.5 Å². The second kappa shape index (κ2) is 9.14. The van der Waals surface area contributed by atoms with E-state index in [1.165, 1.54) is 0 Å². The number of hydrogen-bond donors (Lipinski definition) is 1. The van der Waals surface area contributed by atoms with Crippen molar-refractivity contribution in [2.45, 2.75) is 26.5 Å². The Hall–Kier alpha value is -2.46. The van der Waals surface area contributed by atoms with E-state index in [0.29, 0.717) is 17.3 Å². The Labute approximate surface area is 153 Å². The van der Waals surface area contributed by atoms with Crippen molar-refractivity contribution in [3.05, 3.63) is 70.8 Å². The topological polar surface area (TPSA) is 47.6 Å². The predicted molar refractivity (Wildman–Crippen MR) is 100 cm³/mol. The number of rotatable bonds is 7. The van der Waals surface area contributed by atoms with Crippen LogP contribution in [0.3, 0.4) is 0 Å². The maximum absolute atomic E-state index is 12.5. The van der Waals surface area contributed by atoms with Gasteiger partial charge in [-0.1, -0.05) is 29.8 Å². The number of amides is 1. The number of carbonyl (C=O) groups is 1. The number of methoxy groups -OCH3 is 1. The zero-order valence-corrected chi connectivity index (χ0v) is 15.3. The van der Waals surface area contributed by atoms with E-state index in [2.05, 4.69) is 5.32 Å². The van der Waals surface area contributed by atoms with Gasteiger partial charge in [-0.05, 0) is 61.4 Å². The van der Waals surface area contributed by atoms with Crippen molar-refractivity contribution in [1.29, 1.82) is 0 Å². The highest BCUT2D eigenvalue weighted by molar-refractivity contribution is 6.30. The molecule has 0 spiro atoms. The average molecular weight is 360 g/mol. The lowest BCUT2D eigenvalue weighted by Crippen LogP contribution is -2.36. The molecule has 0 saturated carbocycles. The molecule has 0 aliphatic rings. The van der Waals surface area contributed by atoms with Crippen LogP contribution < -0.4 is 14.8 Å². The lowest BCUT2D eigenvalue weighted by molar-refractivity contribution is -0.126. The normalized spacial score (nSPS) is 12.0. The Balaban J connectivity index is 2.01. The number of carbonyl (C=O) groups excluding carboxylic acids is 1. The van der Waals surface area contributed by atoms with Crippen LogP contribution in [0.2, 0.25) is 5.02 Å². The second-order valence-corrected chi connectivity index (χ2v) is 5.98. The van der Waals surface area contributed by atoms with Crippen molar-refractivity contribution in [1.82, 2.24) is 5.32 Å². The molecule has 0 fully saturated rings. The average Bonchev–Trinajstić information content (AvgIpc) is 2.61. The Morgan fingerprint density at radius 3 is 2.56 bits per heavy atom. The molecule has 0 radical (unpaired) electrons. The minimum absolute atomic E-state index is 0.205. The molecule has 0 aliphatic heterocycles. The van der Waals surface area contributed by atoms with Crippen LogP contribution in [0.1, 0.15) is 18.1 Å². The van der Waals surface area contributed by atoms with Gasteiger partial charge in [-0.25, -0.2) is 0 Å². The molecule has 1 amide bonds. The van der Waals surface area contributed by atoms with Crippen LogP contribution in [0.25, 0.3) is 0 Å². The third-order valence-corrected chi connectivity index (χ3v) is 3.88. The molecular formula is C20H22ClNO3. The minimum atomic E-state index is -0.705. The monoisotopic (exact) mass is 359 g/mol. The summed E-state index contributed by atoms with van der Waals surface area (Å²) in [6, 6.07) is 12.9. The highest BCUT2D eigenvalue weighted by Gasteiger charge is 2.17. The van der Waals surface area contributed by atoms with Gasteiger partial charge in [-0.2, -0.15) is 0 Å². The number of nitrogens with one attached hydrogen (secondary N) is 1. The highest BCUT2D eigenvalue weighted by Crippen LogP contribution is 2.23. The largest absolute Gasteiger partial charge is 0.497 e. The SMILES string of the molecule is C/C=C/C(Oc1ccc(Cl)cc1C)C(=O)NCc1ccc(OC)cc1. The molecule has 132 valence electrons. The van der Waals surface area contributed by atoms with Gasteiger partial charge in [-0.15, -0.1) is 0 Å². The summed E-state index contributed by atoms with van der Waals surface area (Å²) in [6.07, 6.45) is 2.81. The molecule has 2 aromatic carbocycles. The summed E-state index contributed by atoms with van der Waals surface area (Å²) in [7, 11) is 1.62. The molecule has 0 aromatic heterocycles. The van der Waals surface area contributed by atoms with Crippen LogP contribution in [0.15, 0.2) is 54.6 Å². The van der Waals surface area contributed by atoms with E-state index in [-0.39, 0.29) is 5.91 Å². The molecule has 2 rings (SSSR count). The molecule has 0 bridgehead atoms. The fourth-order valence-corrected chi connectivity index (χ4v) is 2.50. The molecule has 1 unspecified atom stereocenters. The van der Waals surface area contributed by atoms with Gasteiger partial charge in [0.15, 0.2) is 6.10 Å². The van der Waals surface area contributed by atoms with Gasteiger partial charge in [0.1, 0.15) is 11.5 Å². The molecule has 0 saturated heterocycles. The molecule has 0 heterocycles. The van der Waals surface area contributed by atoms with E-state index in [1.807, 2.05) is 38.1 Å². The van der Waals surface area contributed by atoms with Gasteiger partial charge >= 0.3 is 0 Å². The van der Waals surface area contributed by atoms with Crippen LogP contribution in [0.4, 0.5) is 0 Å². The minimum Gasteiger partial charge on any atom is -0.497 e. The summed E-state index contributed by atoms with van der Waals surface area (Å²) < 4.78 is 11.0. The first-order chi connectivity index (χ1) is 12.0. The highest BCUT2D eigenvalue weighted by atomic mass is 35.5. The lowest BCUT2D eigenvalue weighted by Gasteiger charge is -2.17. The summed E-state index contributed by atoms with van der Waals surface area (Å²) in [5.74, 6) is 1.21. The molecule has 0 aliphatic carbocycles. The standard InChI is InChI=1S/C20H22ClNO3/c1-4-5-19(25-18-11-8-16(21)12-14(18)2)20(23)22-13-15-6-9-17(24-3)10-7-15/h4-12,19H,13H2,1-3H3,(H,22,23)/b5-4+. The predicted octanol–water partition coefficient (Wildman–Crippen LogP) is 4.30. The number of aryl methyl sites for hydroxylation is 1. The quantitative estimate of drug-likeness (QED) is 0.750. The molecule has 1 N–H and O–H groups in total. The first-order valence-corrected chi connectivity index (χ1v) is 8.37. The van der Waals surface area contributed by atoms with Crippen LogP contribution in [-0.2, 0) is 11.3 Å². The van der Waals surface area contributed by atoms with Gasteiger partial charge in [0.2, 0.25) is 0 Å². The molecule has 4 nitrogen and oxygen atoms in total. The first-order valence-electron chi connectivity index (χ1n) is 7.99. The number of allylic oxidation sites excluding steroid dienone is 1. The molecule has 25 heavy (non-hydrogen) atoms. The molecule has 5 heteroatoms. The van der Waals surface area contributed by atoms with Crippen molar-refractivity contribution < 1.29 is 14.3 Å². The molecule has 1 atom stereocenters. The summed E-state index contributed by atoms with van der Waals surface area (Å²) in [6.45, 7) is 4.16. The third-order valence-electron chi connectivity index (χ3n) is 3.64. The Bertz CT molecular complexity index is 741. The van der Waals surface area contributed by atoms with E-state index >= 15 is 0 Å². The Morgan fingerprint density at radius 1 is 1.24 bits per heavy atom. The van der Waals surface area contributed by atoms with Crippen molar-refractivity contribution in [2.75, 3.05) is 7.11 Å². The lowest BCUT2D eigenvalue weighted by atomic mass is 10.2. The van der Waals surface area contributed by atoms with E-state index in [9.17, 15) is 4.79 Å². The summed E-state index contributed by atoms with van der Waals surface area (Å²) in [5.41, 5.74) is 1.86. The fourth-order valence-electron chi connectivity index (χ4n) is 2.27. The zero-order valence-electron chi connectivity index (χ0n) is 14.6. The smallest absolute Gasteiger partial charge is 0.265 e. The number of benzene rings is 2. The van der Waals surface area contributed by atoms with Gasteiger partial charge in [0.05, 0.1) is 7.11 Å². The van der Waals surface area contributed by atoms with Gasteiger partial charge in [0.25, 0.3) is 5.91 Å². The molecule has 2 aromatic rings. The maximum Gasteiger partial charge on any atom is 0.265 e. The fraction of sp³-hybridized carbons (Fsp3) is 0.250.